The highest BCUT2D eigenvalue weighted by Gasteiger charge is 2.17. The summed E-state index contributed by atoms with van der Waals surface area (Å²) in [7, 11) is 0. The van der Waals surface area contributed by atoms with Crippen molar-refractivity contribution in [2.24, 2.45) is 0 Å². The van der Waals surface area contributed by atoms with E-state index < -0.39 is 5.82 Å². The Morgan fingerprint density at radius 3 is 2.45 bits per heavy atom. The molecular weight excluding hydrogens is 324 g/mol. The third-order valence-corrected chi connectivity index (χ3v) is 4.01. The predicted octanol–water partition coefficient (Wildman–Crippen LogP) is 5.74. The lowest BCUT2D eigenvalue weighted by Gasteiger charge is -2.20. The molecule has 4 heteroatoms. The molecule has 1 aromatic rings. The number of halogens is 3. The Morgan fingerprint density at radius 1 is 1.05 bits per heavy atom. The fourth-order valence-electron chi connectivity index (χ4n) is 2.27. The van der Waals surface area contributed by atoms with Crippen LogP contribution in [-0.4, -0.2) is 6.54 Å². The minimum Gasteiger partial charge on any atom is -0.310 e. The minimum absolute atomic E-state index is 0.102. The molecule has 0 aromatic heterocycles. The summed E-state index contributed by atoms with van der Waals surface area (Å²) < 4.78 is 27.9. The summed E-state index contributed by atoms with van der Waals surface area (Å²) in [6.45, 7) is 5.05. The van der Waals surface area contributed by atoms with Gasteiger partial charge in [-0.05, 0) is 47.4 Å². The van der Waals surface area contributed by atoms with E-state index >= 15 is 0 Å². The van der Waals surface area contributed by atoms with Gasteiger partial charge in [0.05, 0.1) is 4.47 Å². The second kappa shape index (κ2) is 9.46. The first-order valence-electron chi connectivity index (χ1n) is 7.48. The number of rotatable bonds is 9. The van der Waals surface area contributed by atoms with Gasteiger partial charge in [-0.3, -0.25) is 0 Å². The zero-order valence-corrected chi connectivity index (χ0v) is 13.9. The monoisotopic (exact) mass is 347 g/mol. The summed E-state index contributed by atoms with van der Waals surface area (Å²) in [5.74, 6) is -0.749. The molecule has 0 saturated heterocycles. The van der Waals surface area contributed by atoms with Gasteiger partial charge in [0.15, 0.2) is 0 Å². The molecule has 1 aromatic carbocycles. The highest BCUT2D eigenvalue weighted by Crippen LogP contribution is 2.27. The molecule has 0 spiro atoms. The highest BCUT2D eigenvalue weighted by atomic mass is 79.9. The van der Waals surface area contributed by atoms with Crippen LogP contribution in [0.1, 0.15) is 64.0 Å². The fraction of sp³-hybridized carbons (Fsp3) is 0.625. The van der Waals surface area contributed by atoms with Crippen LogP contribution < -0.4 is 5.32 Å². The number of benzene rings is 1. The Morgan fingerprint density at radius 2 is 1.80 bits per heavy atom. The Kier molecular flexibility index (Phi) is 8.31. The summed E-state index contributed by atoms with van der Waals surface area (Å²) in [5.41, 5.74) is 0.440. The van der Waals surface area contributed by atoms with E-state index in [0.29, 0.717) is 5.56 Å². The summed E-state index contributed by atoms with van der Waals surface area (Å²) in [6.07, 6.45) is 6.36. The summed E-state index contributed by atoms with van der Waals surface area (Å²) in [5, 5.41) is 3.33. The second-order valence-electron chi connectivity index (χ2n) is 5.14. The van der Waals surface area contributed by atoms with Crippen molar-refractivity contribution >= 4 is 15.9 Å². The smallest absolute Gasteiger partial charge is 0.137 e. The van der Waals surface area contributed by atoms with E-state index in [2.05, 4.69) is 35.1 Å². The highest BCUT2D eigenvalue weighted by molar-refractivity contribution is 9.10. The van der Waals surface area contributed by atoms with Crippen LogP contribution in [0.3, 0.4) is 0 Å². The van der Waals surface area contributed by atoms with Crippen molar-refractivity contribution in [1.82, 2.24) is 5.32 Å². The Balaban J connectivity index is 2.78. The van der Waals surface area contributed by atoms with E-state index in [0.717, 1.165) is 32.2 Å². The van der Waals surface area contributed by atoms with E-state index in [-0.39, 0.29) is 16.3 Å². The molecule has 0 saturated carbocycles. The van der Waals surface area contributed by atoms with Crippen LogP contribution in [0.25, 0.3) is 0 Å². The van der Waals surface area contributed by atoms with Crippen LogP contribution >= 0.6 is 15.9 Å². The predicted molar refractivity (Wildman–Crippen MR) is 83.9 cm³/mol. The zero-order chi connectivity index (χ0) is 15.0. The first kappa shape index (κ1) is 17.6. The van der Waals surface area contributed by atoms with Crippen molar-refractivity contribution in [2.75, 3.05) is 6.54 Å². The Labute approximate surface area is 129 Å². The molecule has 1 nitrogen and oxygen atoms in total. The molecule has 114 valence electrons. The van der Waals surface area contributed by atoms with Crippen molar-refractivity contribution in [3.8, 4) is 0 Å². The average Bonchev–Trinajstić information content (AvgIpc) is 2.42. The van der Waals surface area contributed by atoms with Gasteiger partial charge in [-0.2, -0.15) is 0 Å². The standard InChI is InChI=1S/C16H24BrF2N/c1-3-5-6-7-8-16(20-9-4-2)12-10-15(19)13(17)11-14(12)18/h10-11,16,20H,3-9H2,1-2H3. The fourth-order valence-corrected chi connectivity index (χ4v) is 2.58. The first-order chi connectivity index (χ1) is 9.60. The lowest BCUT2D eigenvalue weighted by Crippen LogP contribution is -2.23. The lowest BCUT2D eigenvalue weighted by atomic mass is 9.99. The van der Waals surface area contributed by atoms with Gasteiger partial charge in [-0.15, -0.1) is 0 Å². The topological polar surface area (TPSA) is 12.0 Å². The van der Waals surface area contributed by atoms with Gasteiger partial charge in [0.25, 0.3) is 0 Å². The van der Waals surface area contributed by atoms with Crippen LogP contribution in [0.15, 0.2) is 16.6 Å². The third-order valence-electron chi connectivity index (χ3n) is 3.40. The van der Waals surface area contributed by atoms with E-state index in [4.69, 9.17) is 0 Å². The van der Waals surface area contributed by atoms with E-state index in [1.54, 1.807) is 0 Å². The van der Waals surface area contributed by atoms with Crippen molar-refractivity contribution in [3.63, 3.8) is 0 Å². The molecule has 0 fully saturated rings. The van der Waals surface area contributed by atoms with Crippen molar-refractivity contribution < 1.29 is 8.78 Å². The zero-order valence-electron chi connectivity index (χ0n) is 12.3. The summed E-state index contributed by atoms with van der Waals surface area (Å²) >= 11 is 3.02. The van der Waals surface area contributed by atoms with Gasteiger partial charge in [0, 0.05) is 11.6 Å². The number of hydrogen-bond donors (Lipinski definition) is 1. The lowest BCUT2D eigenvalue weighted by molar-refractivity contribution is 0.447. The average molecular weight is 348 g/mol. The molecule has 0 bridgehead atoms. The molecule has 0 amide bonds. The number of unbranched alkanes of at least 4 members (excludes halogenated alkanes) is 3. The molecule has 0 radical (unpaired) electrons. The van der Waals surface area contributed by atoms with Crippen LogP contribution in [0.4, 0.5) is 8.78 Å². The van der Waals surface area contributed by atoms with Crippen LogP contribution in [0.5, 0.6) is 0 Å². The molecular formula is C16H24BrF2N. The number of nitrogens with one attached hydrogen (secondary N) is 1. The van der Waals surface area contributed by atoms with Gasteiger partial charge >= 0.3 is 0 Å². The molecule has 0 aliphatic heterocycles. The maximum atomic E-state index is 14.0. The van der Waals surface area contributed by atoms with Crippen molar-refractivity contribution in [3.05, 3.63) is 33.8 Å². The molecule has 20 heavy (non-hydrogen) atoms. The molecule has 1 unspecified atom stereocenters. The number of hydrogen-bond acceptors (Lipinski definition) is 1. The Hall–Kier alpha value is -0.480. The second-order valence-corrected chi connectivity index (χ2v) is 6.00. The van der Waals surface area contributed by atoms with Crippen molar-refractivity contribution in [1.29, 1.82) is 0 Å². The van der Waals surface area contributed by atoms with E-state index in [9.17, 15) is 8.78 Å². The van der Waals surface area contributed by atoms with Gasteiger partial charge in [0.2, 0.25) is 0 Å². The van der Waals surface area contributed by atoms with Crippen LogP contribution in [0.2, 0.25) is 0 Å². The normalized spacial score (nSPS) is 12.7. The maximum Gasteiger partial charge on any atom is 0.137 e. The quantitative estimate of drug-likeness (QED) is 0.443. The van der Waals surface area contributed by atoms with Crippen LogP contribution in [0, 0.1) is 11.6 Å². The molecule has 1 atom stereocenters. The summed E-state index contributed by atoms with van der Waals surface area (Å²) in [4.78, 5) is 0. The Bertz CT molecular complexity index is 410. The van der Waals surface area contributed by atoms with Gasteiger partial charge in [0.1, 0.15) is 11.6 Å². The summed E-state index contributed by atoms with van der Waals surface area (Å²) in [6, 6.07) is 2.43. The van der Waals surface area contributed by atoms with E-state index in [1.165, 1.54) is 25.0 Å². The molecule has 0 heterocycles. The largest absolute Gasteiger partial charge is 0.310 e. The van der Waals surface area contributed by atoms with Gasteiger partial charge < -0.3 is 5.32 Å². The van der Waals surface area contributed by atoms with Gasteiger partial charge in [-0.1, -0.05) is 39.5 Å². The molecule has 1 rings (SSSR count). The third kappa shape index (κ3) is 5.49. The SMILES string of the molecule is CCCCCCC(NCCC)c1cc(F)c(Br)cc1F. The molecule has 0 aliphatic rings. The molecule has 0 aliphatic carbocycles. The van der Waals surface area contributed by atoms with E-state index in [1.807, 2.05) is 0 Å². The maximum absolute atomic E-state index is 14.0. The van der Waals surface area contributed by atoms with Crippen molar-refractivity contribution in [2.45, 2.75) is 58.4 Å². The van der Waals surface area contributed by atoms with Crippen LogP contribution in [-0.2, 0) is 0 Å². The first-order valence-corrected chi connectivity index (χ1v) is 8.27. The minimum atomic E-state index is -0.404. The van der Waals surface area contributed by atoms with Gasteiger partial charge in [-0.25, -0.2) is 8.78 Å². The molecule has 1 N–H and O–H groups in total.